The van der Waals surface area contributed by atoms with E-state index in [1.165, 1.54) is 24.9 Å². The zero-order valence-electron chi connectivity index (χ0n) is 39.4. The van der Waals surface area contributed by atoms with E-state index < -0.39 is 33.3 Å². The summed E-state index contributed by atoms with van der Waals surface area (Å²) in [5, 5.41) is 13.3. The maximum atomic E-state index is 15.1. The van der Waals surface area contributed by atoms with Gasteiger partial charge in [0.25, 0.3) is 5.91 Å². The number of nitrogens with zero attached hydrogens (tertiary/aromatic N) is 2. The summed E-state index contributed by atoms with van der Waals surface area (Å²) in [5.74, 6) is -1.23. The van der Waals surface area contributed by atoms with Gasteiger partial charge in [0.1, 0.15) is 40.8 Å². The number of amides is 2. The molecule has 2 amide bonds. The number of unbranched alkanes of at least 4 members (excludes halogenated alkanes) is 6. The molecule has 0 spiro atoms. The molecule has 0 bridgehead atoms. The molecule has 2 atom stereocenters. The highest BCUT2D eigenvalue weighted by Gasteiger charge is 2.54. The summed E-state index contributed by atoms with van der Waals surface area (Å²) in [6.45, 7) is 4.31. The van der Waals surface area contributed by atoms with Gasteiger partial charge in [-0.2, -0.15) is 4.31 Å². The van der Waals surface area contributed by atoms with Crippen molar-refractivity contribution in [2.24, 2.45) is 0 Å². The third-order valence-corrected chi connectivity index (χ3v) is 16.2. The van der Waals surface area contributed by atoms with E-state index in [0.29, 0.717) is 64.2 Å². The summed E-state index contributed by atoms with van der Waals surface area (Å²) in [6.07, 6.45) is 9.34. The Bertz CT molecular complexity index is 3010. The number of carboxylic acids is 1. The molecule has 69 heavy (non-hydrogen) atoms. The molecule has 360 valence electrons. The van der Waals surface area contributed by atoms with Crippen molar-refractivity contribution >= 4 is 50.5 Å². The number of carboxylic acid groups (broad SMARTS) is 1. The number of β-lactam (4-membered cyclic amide) rings is 1. The molecule has 0 radical (unpaired) electrons. The second kappa shape index (κ2) is 22.0. The maximum absolute atomic E-state index is 15.1. The zero-order valence-corrected chi connectivity index (χ0v) is 41.0. The van der Waals surface area contributed by atoms with Gasteiger partial charge >= 0.3 is 5.97 Å². The van der Waals surface area contributed by atoms with Gasteiger partial charge in [0.05, 0.1) is 11.3 Å². The maximum Gasteiger partial charge on any atom is 0.352 e. The number of likely N-dealkylation sites (N-methyl/N-ethyl adjacent to an activating group) is 1. The molecular formula is C55H59N3O9S2. The lowest BCUT2D eigenvalue weighted by Crippen LogP contribution is -2.70. The molecule has 0 unspecified atom stereocenters. The summed E-state index contributed by atoms with van der Waals surface area (Å²) < 4.78 is 44.4. The molecular weight excluding hydrogens is 911 g/mol. The number of aliphatic carboxylic acids is 1. The number of nitrogens with one attached hydrogen (secondary N) is 1. The second-order valence-corrected chi connectivity index (χ2v) is 21.0. The van der Waals surface area contributed by atoms with Crippen molar-refractivity contribution in [3.63, 3.8) is 0 Å². The third kappa shape index (κ3) is 10.8. The number of carbonyl (C=O) groups excluding carboxylic acids is 2. The molecule has 12 nitrogen and oxygen atoms in total. The van der Waals surface area contributed by atoms with Crippen LogP contribution in [0.4, 0.5) is 0 Å². The van der Waals surface area contributed by atoms with E-state index in [9.17, 15) is 24.3 Å². The van der Waals surface area contributed by atoms with Crippen molar-refractivity contribution in [1.29, 1.82) is 0 Å². The van der Waals surface area contributed by atoms with E-state index in [1.807, 2.05) is 78.9 Å². The van der Waals surface area contributed by atoms with Gasteiger partial charge in [-0.05, 0) is 66.1 Å². The summed E-state index contributed by atoms with van der Waals surface area (Å²) in [4.78, 5) is 54.3. The molecule has 1 saturated heterocycles. The van der Waals surface area contributed by atoms with Crippen molar-refractivity contribution in [3.05, 3.63) is 153 Å². The van der Waals surface area contributed by atoms with Gasteiger partial charge < -0.3 is 19.6 Å². The average molecular weight is 970 g/mol. The molecule has 4 aromatic carbocycles. The zero-order chi connectivity index (χ0) is 48.7. The highest BCUT2D eigenvalue weighted by Crippen LogP contribution is 2.46. The van der Waals surface area contributed by atoms with E-state index >= 15 is 8.42 Å². The second-order valence-electron chi connectivity index (χ2n) is 17.9. The lowest BCUT2D eigenvalue weighted by atomic mass is 9.90. The van der Waals surface area contributed by atoms with Crippen LogP contribution in [0.1, 0.15) is 87.5 Å². The van der Waals surface area contributed by atoms with E-state index in [-0.39, 0.29) is 46.2 Å². The first-order chi connectivity index (χ1) is 33.4. The van der Waals surface area contributed by atoms with Crippen LogP contribution in [0.3, 0.4) is 0 Å². The summed E-state index contributed by atoms with van der Waals surface area (Å²) in [6, 6.07) is 32.1. The first-order valence-corrected chi connectivity index (χ1v) is 26.4. The first-order valence-electron chi connectivity index (χ1n) is 23.9. The molecule has 2 N–H and O–H groups in total. The number of sulfonamides is 1. The smallest absolute Gasteiger partial charge is 0.352 e. The van der Waals surface area contributed by atoms with Crippen molar-refractivity contribution in [3.8, 4) is 28.2 Å². The lowest BCUT2D eigenvalue weighted by Gasteiger charge is -2.49. The molecule has 0 aromatic heterocycles. The normalized spacial score (nSPS) is 15.9. The number of rotatable bonds is 22. The van der Waals surface area contributed by atoms with E-state index in [0.717, 1.165) is 77.3 Å². The van der Waals surface area contributed by atoms with Crippen LogP contribution in [0.25, 0.3) is 33.4 Å². The molecule has 3 heterocycles. The van der Waals surface area contributed by atoms with Crippen LogP contribution in [-0.4, -0.2) is 71.3 Å². The fourth-order valence-electron chi connectivity index (χ4n) is 9.30. The molecule has 1 fully saturated rings. The van der Waals surface area contributed by atoms with Crippen molar-refractivity contribution in [2.75, 3.05) is 19.3 Å². The van der Waals surface area contributed by atoms with Crippen LogP contribution in [0.2, 0.25) is 0 Å². The Hall–Kier alpha value is -6.22. The number of aryl methyl sites for hydroxylation is 2. The van der Waals surface area contributed by atoms with Gasteiger partial charge in [-0.3, -0.25) is 19.3 Å². The number of ether oxygens (including phenoxy) is 1. The fourth-order valence-corrected chi connectivity index (χ4v) is 12.0. The van der Waals surface area contributed by atoms with Crippen molar-refractivity contribution < 1.29 is 37.1 Å². The van der Waals surface area contributed by atoms with Gasteiger partial charge in [-0.25, -0.2) is 13.2 Å². The lowest BCUT2D eigenvalue weighted by molar-refractivity contribution is -0.150. The number of benzene rings is 5. The number of hydrogen-bond acceptors (Lipinski definition) is 9. The number of fused-ring (bicyclic) bond motifs is 3. The van der Waals surface area contributed by atoms with E-state index in [2.05, 4.69) is 19.2 Å². The van der Waals surface area contributed by atoms with Crippen molar-refractivity contribution in [1.82, 2.24) is 14.5 Å². The molecule has 4 aromatic rings. The Morgan fingerprint density at radius 1 is 0.812 bits per heavy atom. The largest absolute Gasteiger partial charge is 0.488 e. The number of thioether (sulfide) groups is 1. The van der Waals surface area contributed by atoms with Gasteiger partial charge in [0, 0.05) is 59.1 Å². The third-order valence-electron chi connectivity index (χ3n) is 13.0. The monoisotopic (exact) mass is 969 g/mol. The quantitative estimate of drug-likeness (QED) is 0.0380. The molecule has 1 aliphatic carbocycles. The minimum Gasteiger partial charge on any atom is -0.488 e. The minimum absolute atomic E-state index is 0.0223. The fraction of sp³-hybridized carbons (Fsp3) is 0.345. The highest BCUT2D eigenvalue weighted by atomic mass is 32.2. The SMILES string of the molecule is CCCCCCc1cc2c(-c3ccccc3S(=O)(=O)N(C)CC3=C(C(=O)O)N4C(=O)[C@@H](NC(=O)Cc5ccccc5)[C@H]4SC3)c3cc(CCCCCC)c(=O)cc-3oc2cc1OCc1ccccc1. The Labute approximate surface area is 408 Å². The van der Waals surface area contributed by atoms with Crippen LogP contribution >= 0.6 is 11.8 Å². The van der Waals surface area contributed by atoms with Gasteiger partial charge in [0.2, 0.25) is 15.9 Å². The molecule has 3 aliphatic heterocycles. The molecule has 8 rings (SSSR count). The van der Waals surface area contributed by atoms with Crippen molar-refractivity contribution in [2.45, 2.75) is 107 Å². The molecule has 14 heteroatoms. The minimum atomic E-state index is -4.38. The predicted molar refractivity (Wildman–Crippen MR) is 271 cm³/mol. The summed E-state index contributed by atoms with van der Waals surface area (Å²) in [5.41, 5.74) is 5.14. The number of carbonyl (C=O) groups is 3. The van der Waals surface area contributed by atoms with Crippen LogP contribution < -0.4 is 15.5 Å². The highest BCUT2D eigenvalue weighted by molar-refractivity contribution is 8.00. The summed E-state index contributed by atoms with van der Waals surface area (Å²) >= 11 is 1.28. The van der Waals surface area contributed by atoms with Crippen LogP contribution in [0.15, 0.2) is 135 Å². The van der Waals surface area contributed by atoms with Gasteiger partial charge in [-0.1, -0.05) is 131 Å². The van der Waals surface area contributed by atoms with Crippen LogP contribution in [0.5, 0.6) is 5.75 Å². The Morgan fingerprint density at radius 3 is 2.14 bits per heavy atom. The Morgan fingerprint density at radius 2 is 1.46 bits per heavy atom. The van der Waals surface area contributed by atoms with Gasteiger partial charge in [0.15, 0.2) is 5.43 Å². The topological polar surface area (TPSA) is 164 Å². The molecule has 4 aliphatic rings. The summed E-state index contributed by atoms with van der Waals surface area (Å²) in [7, 11) is -2.98. The average Bonchev–Trinajstić information content (AvgIpc) is 3.35. The number of hydrogen-bond donors (Lipinski definition) is 2. The van der Waals surface area contributed by atoms with Gasteiger partial charge in [-0.15, -0.1) is 11.8 Å². The standard InChI is InChI=1S/C55H59N3O9S2/c1-4-6-8-16-24-38-29-42-46(31-44(38)59)67-47-32-45(66-34-37-22-14-11-15-23-37)39(25-17-9-7-5-2)30-43(47)50(42)41-26-18-19-27-48(41)69(64,65)57(3)33-40-35-68-54-51(53(61)58(54)52(40)55(62)63)56-49(60)28-36-20-12-10-13-21-36/h10-15,18-23,26-27,29-32,51,54H,4-9,16-17,24-25,28,33-35H2,1-3H3,(H,56,60)(H,62,63)/t51-,54-/m1/s1. The van der Waals surface area contributed by atoms with Crippen LogP contribution in [0, 0.1) is 0 Å². The van der Waals surface area contributed by atoms with E-state index in [1.54, 1.807) is 24.3 Å². The Balaban J connectivity index is 1.18. The predicted octanol–water partition coefficient (Wildman–Crippen LogP) is 9.99. The molecule has 0 saturated carbocycles. The van der Waals surface area contributed by atoms with Crippen LogP contribution in [-0.2, 0) is 50.3 Å². The van der Waals surface area contributed by atoms with E-state index in [4.69, 9.17) is 9.15 Å². The first kappa shape index (κ1) is 49.2. The Kier molecular flexibility index (Phi) is 15.7.